The molecule has 0 saturated heterocycles. The van der Waals surface area contributed by atoms with E-state index in [1.54, 1.807) is 24.3 Å². The van der Waals surface area contributed by atoms with E-state index in [0.29, 0.717) is 75.1 Å². The third kappa shape index (κ3) is 9.60. The number of hydrogen-bond donors (Lipinski definition) is 2. The minimum Gasteiger partial charge on any atom is -0.493 e. The predicted octanol–water partition coefficient (Wildman–Crippen LogP) is 8.43. The fourth-order valence-electron chi connectivity index (χ4n) is 6.75. The Morgan fingerprint density at radius 3 is 0.926 bits per heavy atom. The van der Waals surface area contributed by atoms with Crippen molar-refractivity contribution in [1.29, 1.82) is 0 Å². The van der Waals surface area contributed by atoms with Crippen LogP contribution in [0.1, 0.15) is 97.9 Å². The summed E-state index contributed by atoms with van der Waals surface area (Å²) in [6.07, 6.45) is 4.39. The number of benzene rings is 4. The van der Waals surface area contributed by atoms with Crippen LogP contribution < -0.4 is 29.6 Å². The van der Waals surface area contributed by atoms with E-state index in [2.05, 4.69) is 0 Å². The number of hydrogen-bond acceptors (Lipinski definition) is 8. The topological polar surface area (TPSA) is 130 Å². The van der Waals surface area contributed by atoms with Gasteiger partial charge in [-0.05, 0) is 94.5 Å². The number of fused-ring (bicyclic) bond motifs is 8. The zero-order valence-electron chi connectivity index (χ0n) is 32.3. The lowest BCUT2D eigenvalue weighted by Crippen LogP contribution is -2.15. The standard InChI is InChI=1S/C42H54O10P2/c1-7-17-49-39-29-13-11-14-30(39)22-34-26-38(54(45,46)48-6)28-36(42(34)52-20-10-4)24-32-16-12-15-31(40(32)50-18-8-2)23-35-27-37(53(43,44)47-5)25-33(21-29)41(35)51-19-9-3/h11-16,25-28H,7-10,17-24H2,1-6H3,(H,43,44)(H,45,46). The first-order chi connectivity index (χ1) is 26.0. The minimum atomic E-state index is -4.18. The molecule has 0 amide bonds. The van der Waals surface area contributed by atoms with E-state index in [0.717, 1.165) is 70.2 Å². The maximum atomic E-state index is 13.5. The van der Waals surface area contributed by atoms with Gasteiger partial charge in [-0.3, -0.25) is 9.13 Å². The molecule has 8 bridgehead atoms. The van der Waals surface area contributed by atoms with Crippen LogP contribution in [0.2, 0.25) is 0 Å². The molecule has 0 saturated carbocycles. The van der Waals surface area contributed by atoms with Gasteiger partial charge in [0.1, 0.15) is 23.0 Å². The van der Waals surface area contributed by atoms with Gasteiger partial charge >= 0.3 is 15.2 Å². The lowest BCUT2D eigenvalue weighted by Gasteiger charge is -2.24. The summed E-state index contributed by atoms with van der Waals surface area (Å²) in [5.74, 6) is 2.63. The predicted molar refractivity (Wildman–Crippen MR) is 213 cm³/mol. The average molecular weight is 781 g/mol. The van der Waals surface area contributed by atoms with Gasteiger partial charge < -0.3 is 37.8 Å². The van der Waals surface area contributed by atoms with Crippen LogP contribution in [-0.2, 0) is 43.9 Å². The normalized spacial score (nSPS) is 14.8. The Kier molecular flexibility index (Phi) is 14.5. The molecule has 0 aromatic heterocycles. The van der Waals surface area contributed by atoms with Gasteiger partial charge in [-0.25, -0.2) is 0 Å². The number of ether oxygens (including phenoxy) is 4. The molecule has 4 aromatic rings. The van der Waals surface area contributed by atoms with E-state index in [9.17, 15) is 18.9 Å². The first-order valence-corrected chi connectivity index (χ1v) is 22.0. The lowest BCUT2D eigenvalue weighted by molar-refractivity contribution is 0.304. The Morgan fingerprint density at radius 1 is 0.463 bits per heavy atom. The van der Waals surface area contributed by atoms with Gasteiger partial charge in [0.2, 0.25) is 0 Å². The van der Waals surface area contributed by atoms with Gasteiger partial charge in [-0.2, -0.15) is 0 Å². The molecule has 54 heavy (non-hydrogen) atoms. The Hall–Kier alpha value is -3.62. The van der Waals surface area contributed by atoms with Crippen molar-refractivity contribution in [1.82, 2.24) is 0 Å². The van der Waals surface area contributed by atoms with Crippen molar-refractivity contribution < 1.29 is 46.9 Å². The van der Waals surface area contributed by atoms with Gasteiger partial charge in [0.25, 0.3) is 0 Å². The monoisotopic (exact) mass is 780 g/mol. The van der Waals surface area contributed by atoms with E-state index >= 15 is 0 Å². The molecule has 0 radical (unpaired) electrons. The maximum absolute atomic E-state index is 13.5. The molecule has 0 aliphatic heterocycles. The van der Waals surface area contributed by atoms with Crippen LogP contribution in [0.15, 0.2) is 60.7 Å². The molecule has 12 heteroatoms. The summed E-state index contributed by atoms with van der Waals surface area (Å²) < 4.78 is 63.4. The minimum absolute atomic E-state index is 0.172. The van der Waals surface area contributed by atoms with Gasteiger partial charge in [-0.1, -0.05) is 64.1 Å². The van der Waals surface area contributed by atoms with Crippen LogP contribution in [0.25, 0.3) is 0 Å². The van der Waals surface area contributed by atoms with Crippen molar-refractivity contribution >= 4 is 25.8 Å². The molecular formula is C42H54O10P2. The molecule has 1 aliphatic rings. The second kappa shape index (κ2) is 18.8. The van der Waals surface area contributed by atoms with E-state index in [1.165, 1.54) is 14.2 Å². The summed E-state index contributed by atoms with van der Waals surface area (Å²) in [4.78, 5) is 22.1. The first-order valence-electron chi connectivity index (χ1n) is 18.8. The summed E-state index contributed by atoms with van der Waals surface area (Å²) in [5, 5.41) is 0.345. The molecule has 10 nitrogen and oxygen atoms in total. The van der Waals surface area contributed by atoms with Gasteiger partial charge in [0, 0.05) is 39.9 Å². The summed E-state index contributed by atoms with van der Waals surface area (Å²) in [6.45, 7) is 9.98. The van der Waals surface area contributed by atoms with Crippen LogP contribution in [0.4, 0.5) is 0 Å². The quantitative estimate of drug-likeness (QED) is 0.0942. The molecule has 2 N–H and O–H groups in total. The second-order valence-corrected chi connectivity index (χ2v) is 17.3. The smallest absolute Gasteiger partial charge is 0.358 e. The van der Waals surface area contributed by atoms with Crippen molar-refractivity contribution in [2.24, 2.45) is 0 Å². The van der Waals surface area contributed by atoms with E-state index in [-0.39, 0.29) is 10.6 Å². The van der Waals surface area contributed by atoms with Crippen LogP contribution in [0.5, 0.6) is 23.0 Å². The second-order valence-electron chi connectivity index (χ2n) is 13.5. The largest absolute Gasteiger partial charge is 0.493 e. The van der Waals surface area contributed by atoms with Gasteiger partial charge in [0.15, 0.2) is 0 Å². The summed E-state index contributed by atoms with van der Waals surface area (Å²) in [6, 6.07) is 18.7. The molecule has 292 valence electrons. The van der Waals surface area contributed by atoms with E-state index < -0.39 is 15.2 Å². The Morgan fingerprint density at radius 2 is 0.704 bits per heavy atom. The lowest BCUT2D eigenvalue weighted by atomic mass is 9.91. The summed E-state index contributed by atoms with van der Waals surface area (Å²) in [7, 11) is -5.88. The maximum Gasteiger partial charge on any atom is 0.358 e. The van der Waals surface area contributed by atoms with Crippen LogP contribution >= 0.6 is 15.2 Å². The zero-order valence-corrected chi connectivity index (χ0v) is 34.1. The average Bonchev–Trinajstić information content (AvgIpc) is 3.16. The van der Waals surface area contributed by atoms with Crippen molar-refractivity contribution in [2.75, 3.05) is 40.6 Å². The summed E-state index contributed by atoms with van der Waals surface area (Å²) in [5.41, 5.74) is 6.30. The van der Waals surface area contributed by atoms with Crippen molar-refractivity contribution in [3.05, 3.63) is 105 Å². The molecule has 0 heterocycles. The van der Waals surface area contributed by atoms with E-state index in [1.807, 2.05) is 64.1 Å². The molecular weight excluding hydrogens is 726 g/mol. The van der Waals surface area contributed by atoms with Crippen molar-refractivity contribution in [3.63, 3.8) is 0 Å². The van der Waals surface area contributed by atoms with Crippen LogP contribution in [0, 0.1) is 0 Å². The van der Waals surface area contributed by atoms with Crippen LogP contribution in [-0.4, -0.2) is 50.4 Å². The molecule has 0 spiro atoms. The highest BCUT2D eigenvalue weighted by Crippen LogP contribution is 2.45. The molecule has 2 atom stereocenters. The highest BCUT2D eigenvalue weighted by Gasteiger charge is 2.29. The third-order valence-corrected chi connectivity index (χ3v) is 12.1. The van der Waals surface area contributed by atoms with Crippen molar-refractivity contribution in [2.45, 2.75) is 79.1 Å². The third-order valence-electron chi connectivity index (χ3n) is 9.28. The molecule has 1 aliphatic carbocycles. The van der Waals surface area contributed by atoms with E-state index in [4.69, 9.17) is 28.0 Å². The zero-order chi connectivity index (χ0) is 38.9. The fourth-order valence-corrected chi connectivity index (χ4v) is 8.44. The number of para-hydroxylation sites is 2. The highest BCUT2D eigenvalue weighted by atomic mass is 31.2. The first kappa shape index (κ1) is 41.5. The van der Waals surface area contributed by atoms with Gasteiger partial charge in [0.05, 0.1) is 37.0 Å². The van der Waals surface area contributed by atoms with Crippen molar-refractivity contribution in [3.8, 4) is 23.0 Å². The Labute approximate surface area is 319 Å². The number of rotatable bonds is 16. The highest BCUT2D eigenvalue weighted by molar-refractivity contribution is 7.61. The van der Waals surface area contributed by atoms with Gasteiger partial charge in [-0.15, -0.1) is 0 Å². The Balaban J connectivity index is 1.89. The molecule has 5 rings (SSSR count). The van der Waals surface area contributed by atoms with Crippen LogP contribution in [0.3, 0.4) is 0 Å². The molecule has 4 aromatic carbocycles. The molecule has 2 unspecified atom stereocenters. The molecule has 0 fully saturated rings. The Bertz CT molecular complexity index is 1780. The fraction of sp³-hybridized carbons (Fsp3) is 0.429. The summed E-state index contributed by atoms with van der Waals surface area (Å²) >= 11 is 0. The SMILES string of the molecule is CCCOc1c2cccc1Cc1cc(P(=O)(O)OC)cc(c1OCCC)Cc1cccc(c1OCCC)Cc1cc(P(=O)(O)OC)cc(c1OCCC)C2.